The van der Waals surface area contributed by atoms with Crippen LogP contribution in [-0.4, -0.2) is 23.3 Å². The van der Waals surface area contributed by atoms with E-state index in [9.17, 15) is 14.0 Å². The Hall–Kier alpha value is -3.75. The number of hydrogen-bond donors (Lipinski definition) is 2. The quantitative estimate of drug-likeness (QED) is 0.0766. The minimum Gasteiger partial charge on any atom is -0.352 e. The summed E-state index contributed by atoms with van der Waals surface area (Å²) in [7, 11) is 0. The molecule has 0 atom stereocenters. The number of anilines is 2. The third-order valence-electron chi connectivity index (χ3n) is 6.68. The van der Waals surface area contributed by atoms with Crippen LogP contribution in [0.2, 0.25) is 0 Å². The van der Waals surface area contributed by atoms with Crippen LogP contribution in [0.3, 0.4) is 0 Å². The molecule has 0 aliphatic carbocycles. The van der Waals surface area contributed by atoms with Crippen LogP contribution in [0.5, 0.6) is 0 Å². The lowest BCUT2D eigenvalue weighted by atomic mass is 10.0. The zero-order valence-electron chi connectivity index (χ0n) is 23.3. The second-order valence-corrected chi connectivity index (χ2v) is 11.1. The molecule has 8 heteroatoms. The number of benzene rings is 3. The Balaban J connectivity index is 1.33. The van der Waals surface area contributed by atoms with Gasteiger partial charge in [0.05, 0.1) is 5.69 Å². The lowest BCUT2D eigenvalue weighted by Gasteiger charge is -2.22. The van der Waals surface area contributed by atoms with Gasteiger partial charge in [0.25, 0.3) is 5.91 Å². The number of carbonyl (C=O) groups excluding carboxylic acids is 2. The van der Waals surface area contributed by atoms with Crippen molar-refractivity contribution in [2.75, 3.05) is 11.4 Å². The molecule has 41 heavy (non-hydrogen) atoms. The van der Waals surface area contributed by atoms with Gasteiger partial charge in [-0.05, 0) is 73.2 Å². The summed E-state index contributed by atoms with van der Waals surface area (Å²) >= 11 is 5.74. The average Bonchev–Trinajstić information content (AvgIpc) is 3.50. The molecule has 0 fully saturated rings. The fourth-order valence-corrected chi connectivity index (χ4v) is 5.39. The number of hydrogen-bond acceptors (Lipinski definition) is 5. The number of rotatable bonds is 12. The largest absolute Gasteiger partial charge is 0.352 e. The van der Waals surface area contributed by atoms with Gasteiger partial charge in [-0.25, -0.2) is 9.37 Å². The van der Waals surface area contributed by atoms with E-state index in [1.807, 2.05) is 61.7 Å². The van der Waals surface area contributed by atoms with Gasteiger partial charge in [-0.3, -0.25) is 14.5 Å². The maximum absolute atomic E-state index is 13.5. The Morgan fingerprint density at radius 2 is 1.76 bits per heavy atom. The van der Waals surface area contributed by atoms with Crippen molar-refractivity contribution in [3.05, 3.63) is 112 Å². The first kappa shape index (κ1) is 30.2. The van der Waals surface area contributed by atoms with Crippen LogP contribution in [0, 0.1) is 19.7 Å². The maximum Gasteiger partial charge on any atom is 0.251 e. The smallest absolute Gasteiger partial charge is 0.251 e. The molecule has 0 bridgehead atoms. The molecule has 5 nitrogen and oxygen atoms in total. The number of thiazole rings is 1. The molecule has 0 spiro atoms. The topological polar surface area (TPSA) is 62.3 Å². The van der Waals surface area contributed by atoms with Gasteiger partial charge >= 0.3 is 0 Å². The Morgan fingerprint density at radius 3 is 2.41 bits per heavy atom. The molecule has 1 N–H and O–H groups in total. The Morgan fingerprint density at radius 1 is 1.00 bits per heavy atom. The first-order valence-electron chi connectivity index (χ1n) is 13.6. The molecule has 0 saturated carbocycles. The molecule has 212 valence electrons. The molecule has 0 aliphatic heterocycles. The standard InChI is InChI=1S/C33H34FN3O2S2/c1-23-7-16-30(24(2)20-23)37(33-36-18-19-41-33)31(38)6-4-3-5-17-35-32(39)29(27-12-14-28(34)15-13-27)21-25-8-10-26(22-40)11-9-25/h7-16,18-21,40H,3-6,17,22H2,1-2H3,(H,35,39)/b29-21-. The number of unbranched alkanes of at least 4 members (excludes halogenated alkanes) is 2. The number of thiol groups is 1. The van der Waals surface area contributed by atoms with E-state index in [0.717, 1.165) is 40.8 Å². The predicted octanol–water partition coefficient (Wildman–Crippen LogP) is 7.91. The van der Waals surface area contributed by atoms with Crippen molar-refractivity contribution in [3.63, 3.8) is 0 Å². The van der Waals surface area contributed by atoms with Gasteiger partial charge in [0.1, 0.15) is 5.82 Å². The third kappa shape index (κ3) is 8.38. The lowest BCUT2D eigenvalue weighted by Crippen LogP contribution is -2.27. The van der Waals surface area contributed by atoms with Crippen molar-refractivity contribution in [3.8, 4) is 0 Å². The fourth-order valence-electron chi connectivity index (χ4n) is 4.51. The Bertz CT molecular complexity index is 1480. The van der Waals surface area contributed by atoms with Gasteiger partial charge in [0.15, 0.2) is 5.13 Å². The van der Waals surface area contributed by atoms with Crippen LogP contribution in [0.15, 0.2) is 78.3 Å². The van der Waals surface area contributed by atoms with Crippen molar-refractivity contribution in [2.45, 2.75) is 45.3 Å². The van der Waals surface area contributed by atoms with Crippen molar-refractivity contribution in [2.24, 2.45) is 0 Å². The van der Waals surface area contributed by atoms with Crippen LogP contribution in [0.4, 0.5) is 15.2 Å². The van der Waals surface area contributed by atoms with E-state index in [1.54, 1.807) is 23.2 Å². The van der Waals surface area contributed by atoms with Gasteiger partial charge in [-0.15, -0.1) is 11.3 Å². The van der Waals surface area contributed by atoms with Gasteiger partial charge in [0.2, 0.25) is 5.91 Å². The van der Waals surface area contributed by atoms with Crippen LogP contribution in [-0.2, 0) is 15.3 Å². The molecular formula is C33H34FN3O2S2. The van der Waals surface area contributed by atoms with Gasteiger partial charge < -0.3 is 5.32 Å². The van der Waals surface area contributed by atoms with Gasteiger partial charge in [-0.1, -0.05) is 60.5 Å². The molecule has 0 radical (unpaired) electrons. The highest BCUT2D eigenvalue weighted by molar-refractivity contribution is 7.79. The minimum absolute atomic E-state index is 0.00130. The van der Waals surface area contributed by atoms with Crippen LogP contribution in [0.1, 0.15) is 53.5 Å². The fraction of sp³-hybridized carbons (Fsp3) is 0.242. The van der Waals surface area contributed by atoms with E-state index in [1.165, 1.54) is 23.5 Å². The van der Waals surface area contributed by atoms with E-state index in [0.29, 0.717) is 41.4 Å². The third-order valence-corrected chi connectivity index (χ3v) is 7.80. The summed E-state index contributed by atoms with van der Waals surface area (Å²) < 4.78 is 13.5. The van der Waals surface area contributed by atoms with Crippen LogP contribution in [0.25, 0.3) is 11.6 Å². The number of carbonyl (C=O) groups is 2. The first-order chi connectivity index (χ1) is 19.9. The van der Waals surface area contributed by atoms with Gasteiger partial charge in [-0.2, -0.15) is 12.6 Å². The summed E-state index contributed by atoms with van der Waals surface area (Å²) in [4.78, 5) is 32.6. The van der Waals surface area contributed by atoms with E-state index in [2.05, 4.69) is 29.0 Å². The molecule has 0 unspecified atom stereocenters. The molecule has 4 rings (SSSR count). The average molecular weight is 588 g/mol. The van der Waals surface area contributed by atoms with Crippen molar-refractivity contribution in [1.82, 2.24) is 10.3 Å². The first-order valence-corrected chi connectivity index (χ1v) is 15.1. The molecule has 1 aromatic heterocycles. The normalized spacial score (nSPS) is 11.4. The molecule has 4 aromatic rings. The number of halogens is 1. The van der Waals surface area contributed by atoms with Crippen LogP contribution < -0.4 is 10.2 Å². The zero-order valence-corrected chi connectivity index (χ0v) is 25.0. The molecule has 3 aromatic carbocycles. The molecule has 2 amide bonds. The second kappa shape index (κ2) is 14.8. The molecule has 0 saturated heterocycles. The monoisotopic (exact) mass is 587 g/mol. The summed E-state index contributed by atoms with van der Waals surface area (Å²) in [5.41, 5.74) is 6.08. The van der Waals surface area contributed by atoms with Gasteiger partial charge in [0, 0.05) is 35.9 Å². The van der Waals surface area contributed by atoms with E-state index in [-0.39, 0.29) is 17.6 Å². The molecular weight excluding hydrogens is 554 g/mol. The SMILES string of the molecule is Cc1ccc(N(C(=O)CCCCCNC(=O)/C(=C\c2ccc(CS)cc2)c2ccc(F)cc2)c2nccs2)c(C)c1. The number of nitrogens with zero attached hydrogens (tertiary/aromatic N) is 2. The van der Waals surface area contributed by atoms with E-state index < -0.39 is 0 Å². The summed E-state index contributed by atoms with van der Waals surface area (Å²) in [5, 5.41) is 5.52. The molecule has 0 aliphatic rings. The number of nitrogens with one attached hydrogen (secondary N) is 1. The summed E-state index contributed by atoms with van der Waals surface area (Å²) in [6.07, 6.45) is 6.10. The highest BCUT2D eigenvalue weighted by atomic mass is 32.1. The van der Waals surface area contributed by atoms with E-state index >= 15 is 0 Å². The zero-order chi connectivity index (χ0) is 29.2. The maximum atomic E-state index is 13.5. The van der Waals surface area contributed by atoms with Crippen LogP contribution >= 0.6 is 24.0 Å². The second-order valence-electron chi connectivity index (χ2n) is 9.86. The number of aryl methyl sites for hydroxylation is 2. The minimum atomic E-state index is -0.354. The van der Waals surface area contributed by atoms with Crippen molar-refractivity contribution in [1.29, 1.82) is 0 Å². The Kier molecular flexibility index (Phi) is 10.9. The highest BCUT2D eigenvalue weighted by Gasteiger charge is 2.21. The van der Waals surface area contributed by atoms with Crippen molar-refractivity contribution >= 4 is 58.2 Å². The molecule has 1 heterocycles. The van der Waals surface area contributed by atoms with Crippen molar-refractivity contribution < 1.29 is 14.0 Å². The summed E-state index contributed by atoms with van der Waals surface area (Å²) in [6.45, 7) is 4.51. The number of aromatic nitrogens is 1. The predicted molar refractivity (Wildman–Crippen MR) is 170 cm³/mol. The highest BCUT2D eigenvalue weighted by Crippen LogP contribution is 2.31. The lowest BCUT2D eigenvalue weighted by molar-refractivity contribution is -0.118. The summed E-state index contributed by atoms with van der Waals surface area (Å²) in [6, 6.07) is 19.8. The summed E-state index contributed by atoms with van der Waals surface area (Å²) in [5.74, 6) is 0.0550. The number of amides is 2. The van der Waals surface area contributed by atoms with E-state index in [4.69, 9.17) is 0 Å². The Labute approximate surface area is 250 Å².